The molecule has 0 spiro atoms. The third-order valence-electron chi connectivity index (χ3n) is 3.31. The number of nitrogens with one attached hydrogen (secondary N) is 1. The molecule has 21 heavy (non-hydrogen) atoms. The van der Waals surface area contributed by atoms with Crippen molar-refractivity contribution in [2.24, 2.45) is 0 Å². The molecule has 6 nitrogen and oxygen atoms in total. The Morgan fingerprint density at radius 3 is 2.67 bits per heavy atom. The van der Waals surface area contributed by atoms with Crippen LogP contribution in [0.15, 0.2) is 18.2 Å². The normalized spacial score (nSPS) is 11.4. The van der Waals surface area contributed by atoms with Gasteiger partial charge in [0.05, 0.1) is 17.1 Å². The number of hydrogen-bond donors (Lipinski definition) is 1. The van der Waals surface area contributed by atoms with Crippen LogP contribution >= 0.6 is 0 Å². The fourth-order valence-electron chi connectivity index (χ4n) is 1.71. The van der Waals surface area contributed by atoms with Gasteiger partial charge < -0.3 is 14.8 Å². The summed E-state index contributed by atoms with van der Waals surface area (Å²) in [6.07, 6.45) is 0.651. The number of methoxy groups -OCH3 is 1. The molecule has 1 rings (SSSR count). The molecule has 0 amide bonds. The summed E-state index contributed by atoms with van der Waals surface area (Å²) < 4.78 is 10.9. The van der Waals surface area contributed by atoms with Gasteiger partial charge >= 0.3 is 5.69 Å². The first-order valence-electron chi connectivity index (χ1n) is 7.05. The molecule has 0 bridgehead atoms. The van der Waals surface area contributed by atoms with Crippen LogP contribution < -0.4 is 10.1 Å². The van der Waals surface area contributed by atoms with E-state index >= 15 is 0 Å². The van der Waals surface area contributed by atoms with Crippen molar-refractivity contribution in [2.75, 3.05) is 20.3 Å². The van der Waals surface area contributed by atoms with E-state index in [2.05, 4.69) is 5.32 Å². The topological polar surface area (TPSA) is 73.6 Å². The van der Waals surface area contributed by atoms with E-state index in [9.17, 15) is 10.1 Å². The maximum absolute atomic E-state index is 11.0. The smallest absolute Gasteiger partial charge is 0.310 e. The first kappa shape index (κ1) is 17.4. The Kier molecular flexibility index (Phi) is 6.58. The lowest BCUT2D eigenvalue weighted by Gasteiger charge is -2.22. The average Bonchev–Trinajstić information content (AvgIpc) is 2.44. The van der Waals surface area contributed by atoms with Crippen LogP contribution in [0.3, 0.4) is 0 Å². The zero-order chi connectivity index (χ0) is 15.9. The Labute approximate surface area is 125 Å². The molecule has 118 valence electrons. The number of nitro groups is 1. The van der Waals surface area contributed by atoms with Crippen LogP contribution in [-0.4, -0.2) is 30.8 Å². The zero-order valence-corrected chi connectivity index (χ0v) is 13.1. The fraction of sp³-hybridized carbons (Fsp3) is 0.600. The van der Waals surface area contributed by atoms with Gasteiger partial charge in [-0.3, -0.25) is 10.1 Å². The summed E-state index contributed by atoms with van der Waals surface area (Å²) in [7, 11) is 1.64. The Bertz CT molecular complexity index is 475. The van der Waals surface area contributed by atoms with Crippen LogP contribution in [0.2, 0.25) is 0 Å². The lowest BCUT2D eigenvalue weighted by atomic mass is 10.1. The Morgan fingerprint density at radius 2 is 2.10 bits per heavy atom. The first-order valence-corrected chi connectivity index (χ1v) is 7.05. The van der Waals surface area contributed by atoms with E-state index in [0.29, 0.717) is 25.3 Å². The second-order valence-corrected chi connectivity index (χ2v) is 5.40. The lowest BCUT2D eigenvalue weighted by molar-refractivity contribution is -0.385. The molecule has 1 aromatic rings. The molecule has 1 aromatic carbocycles. The number of ether oxygens (including phenoxy) is 2. The summed E-state index contributed by atoms with van der Waals surface area (Å²) in [6, 6.07) is 4.96. The van der Waals surface area contributed by atoms with Crippen molar-refractivity contribution in [2.45, 2.75) is 39.3 Å². The molecule has 0 radical (unpaired) electrons. The molecule has 0 aliphatic heterocycles. The van der Waals surface area contributed by atoms with Crippen LogP contribution in [0.1, 0.15) is 32.8 Å². The lowest BCUT2D eigenvalue weighted by Crippen LogP contribution is -2.25. The molecular formula is C15H24N2O4. The van der Waals surface area contributed by atoms with Crippen molar-refractivity contribution in [3.05, 3.63) is 33.9 Å². The van der Waals surface area contributed by atoms with Gasteiger partial charge in [-0.05, 0) is 32.0 Å². The van der Waals surface area contributed by atoms with E-state index in [1.54, 1.807) is 19.2 Å². The number of benzene rings is 1. The van der Waals surface area contributed by atoms with E-state index in [1.807, 2.05) is 20.8 Å². The summed E-state index contributed by atoms with van der Waals surface area (Å²) in [6.45, 7) is 7.78. The predicted molar refractivity (Wildman–Crippen MR) is 81.7 cm³/mol. The van der Waals surface area contributed by atoms with Crippen molar-refractivity contribution in [1.29, 1.82) is 0 Å². The maximum atomic E-state index is 11.0. The molecule has 0 aliphatic rings. The first-order chi connectivity index (χ1) is 9.89. The number of nitrogens with zero attached hydrogens (tertiary/aromatic N) is 1. The van der Waals surface area contributed by atoms with Gasteiger partial charge in [0.2, 0.25) is 0 Å². The second-order valence-electron chi connectivity index (χ2n) is 5.40. The van der Waals surface area contributed by atoms with Crippen molar-refractivity contribution in [1.82, 2.24) is 5.32 Å². The fourth-order valence-corrected chi connectivity index (χ4v) is 1.71. The van der Waals surface area contributed by atoms with Crippen LogP contribution in [0.4, 0.5) is 5.69 Å². The molecule has 0 heterocycles. The minimum Gasteiger partial charge on any atom is -0.487 e. The Balaban J connectivity index is 2.78. The van der Waals surface area contributed by atoms with Gasteiger partial charge in [-0.2, -0.15) is 0 Å². The van der Waals surface area contributed by atoms with Crippen LogP contribution in [-0.2, 0) is 11.3 Å². The molecule has 0 fully saturated rings. The van der Waals surface area contributed by atoms with Crippen LogP contribution in [0.5, 0.6) is 5.75 Å². The number of nitro benzene ring substituents is 1. The zero-order valence-electron chi connectivity index (χ0n) is 13.1. The molecule has 0 saturated carbocycles. The predicted octanol–water partition coefficient (Wildman–Crippen LogP) is 2.90. The minimum absolute atomic E-state index is 0.00882. The standard InChI is InChI=1S/C15H24N2O4/c1-5-16-11-12-6-7-13(17(18)19)14(10-12)21-9-8-15(2,3)20-4/h6-7,10,16H,5,8-9,11H2,1-4H3. The summed E-state index contributed by atoms with van der Waals surface area (Å²) in [5.41, 5.74) is 0.643. The van der Waals surface area contributed by atoms with Gasteiger partial charge in [-0.1, -0.05) is 13.0 Å². The highest BCUT2D eigenvalue weighted by Crippen LogP contribution is 2.28. The third-order valence-corrected chi connectivity index (χ3v) is 3.31. The molecule has 0 saturated heterocycles. The van der Waals surface area contributed by atoms with E-state index in [0.717, 1.165) is 12.1 Å². The quantitative estimate of drug-likeness (QED) is 0.560. The van der Waals surface area contributed by atoms with Crippen molar-refractivity contribution in [3.8, 4) is 5.75 Å². The largest absolute Gasteiger partial charge is 0.487 e. The summed E-state index contributed by atoms with van der Waals surface area (Å²) in [5.74, 6) is 0.308. The maximum Gasteiger partial charge on any atom is 0.310 e. The van der Waals surface area contributed by atoms with E-state index < -0.39 is 4.92 Å². The molecule has 0 aromatic heterocycles. The van der Waals surface area contributed by atoms with Gasteiger partial charge in [0.15, 0.2) is 5.75 Å². The van der Waals surface area contributed by atoms with Crippen molar-refractivity contribution in [3.63, 3.8) is 0 Å². The summed E-state index contributed by atoms with van der Waals surface area (Å²) in [5, 5.41) is 14.2. The van der Waals surface area contributed by atoms with Crippen LogP contribution in [0.25, 0.3) is 0 Å². The highest BCUT2D eigenvalue weighted by Gasteiger charge is 2.19. The number of rotatable bonds is 9. The highest BCUT2D eigenvalue weighted by molar-refractivity contribution is 5.48. The molecule has 6 heteroatoms. The Morgan fingerprint density at radius 1 is 1.38 bits per heavy atom. The van der Waals surface area contributed by atoms with E-state index in [1.165, 1.54) is 6.07 Å². The van der Waals surface area contributed by atoms with Gasteiger partial charge in [-0.15, -0.1) is 0 Å². The van der Waals surface area contributed by atoms with E-state index in [4.69, 9.17) is 9.47 Å². The molecule has 0 aliphatic carbocycles. The number of hydrogen-bond acceptors (Lipinski definition) is 5. The SMILES string of the molecule is CCNCc1ccc([N+](=O)[O-])c(OCCC(C)(C)OC)c1. The van der Waals surface area contributed by atoms with Gasteiger partial charge in [0, 0.05) is 26.1 Å². The van der Waals surface area contributed by atoms with Crippen LogP contribution in [0, 0.1) is 10.1 Å². The molecule has 0 atom stereocenters. The summed E-state index contributed by atoms with van der Waals surface area (Å²) >= 11 is 0. The van der Waals surface area contributed by atoms with Gasteiger partial charge in [0.1, 0.15) is 0 Å². The van der Waals surface area contributed by atoms with E-state index in [-0.39, 0.29) is 11.3 Å². The second kappa shape index (κ2) is 7.95. The average molecular weight is 296 g/mol. The Hall–Kier alpha value is -1.66. The van der Waals surface area contributed by atoms with Gasteiger partial charge in [-0.25, -0.2) is 0 Å². The molecular weight excluding hydrogens is 272 g/mol. The third kappa shape index (κ3) is 5.69. The highest BCUT2D eigenvalue weighted by atomic mass is 16.6. The van der Waals surface area contributed by atoms with Crippen molar-refractivity contribution < 1.29 is 14.4 Å². The minimum atomic E-state index is -0.423. The van der Waals surface area contributed by atoms with Gasteiger partial charge in [0.25, 0.3) is 0 Å². The van der Waals surface area contributed by atoms with Crippen molar-refractivity contribution >= 4 is 5.69 Å². The summed E-state index contributed by atoms with van der Waals surface area (Å²) in [4.78, 5) is 10.6. The molecule has 1 N–H and O–H groups in total. The monoisotopic (exact) mass is 296 g/mol. The molecule has 0 unspecified atom stereocenters.